The molecule has 1 atom stereocenters. The van der Waals surface area contributed by atoms with Gasteiger partial charge in [0.15, 0.2) is 0 Å². The summed E-state index contributed by atoms with van der Waals surface area (Å²) in [6.45, 7) is 14.1. The van der Waals surface area contributed by atoms with Gasteiger partial charge in [-0.05, 0) is 29.7 Å². The van der Waals surface area contributed by atoms with E-state index in [9.17, 15) is 0 Å². The van der Waals surface area contributed by atoms with Gasteiger partial charge < -0.3 is 5.32 Å². The van der Waals surface area contributed by atoms with Crippen molar-refractivity contribution in [2.45, 2.75) is 41.0 Å². The molecule has 0 aliphatic carbocycles. The SMILES string of the molecule is CC1(C)CNCC(C(C)(C)C)C1. The highest BCUT2D eigenvalue weighted by atomic mass is 14.9. The van der Waals surface area contributed by atoms with Gasteiger partial charge in [0.25, 0.3) is 0 Å². The van der Waals surface area contributed by atoms with Crippen molar-refractivity contribution in [1.29, 1.82) is 0 Å². The molecule has 0 aromatic carbocycles. The summed E-state index contributed by atoms with van der Waals surface area (Å²) < 4.78 is 0. The average Bonchev–Trinajstić information content (AvgIpc) is 1.83. The van der Waals surface area contributed by atoms with Crippen LogP contribution in [0.4, 0.5) is 0 Å². The third kappa shape index (κ3) is 2.48. The number of piperidine rings is 1. The molecule has 0 radical (unpaired) electrons. The Morgan fingerprint density at radius 1 is 1.25 bits per heavy atom. The summed E-state index contributed by atoms with van der Waals surface area (Å²) in [6.07, 6.45) is 1.36. The highest BCUT2D eigenvalue weighted by Crippen LogP contribution is 2.37. The van der Waals surface area contributed by atoms with E-state index in [2.05, 4.69) is 39.9 Å². The first kappa shape index (κ1) is 10.0. The second-order valence-electron chi connectivity index (χ2n) is 6.06. The molecule has 1 heteroatoms. The lowest BCUT2D eigenvalue weighted by Crippen LogP contribution is -2.45. The van der Waals surface area contributed by atoms with E-state index >= 15 is 0 Å². The molecular weight excluding hydrogens is 146 g/mol. The maximum absolute atomic E-state index is 3.53. The topological polar surface area (TPSA) is 12.0 Å². The normalized spacial score (nSPS) is 30.2. The van der Waals surface area contributed by atoms with E-state index < -0.39 is 0 Å². The van der Waals surface area contributed by atoms with Crippen LogP contribution in [-0.4, -0.2) is 13.1 Å². The molecule has 1 aliphatic rings. The predicted molar refractivity (Wildman–Crippen MR) is 54.2 cm³/mol. The molecule has 0 saturated carbocycles. The average molecular weight is 169 g/mol. The van der Waals surface area contributed by atoms with Gasteiger partial charge in [-0.1, -0.05) is 34.6 Å². The zero-order chi connectivity index (χ0) is 9.41. The Bertz CT molecular complexity index is 150. The van der Waals surface area contributed by atoms with Crippen LogP contribution >= 0.6 is 0 Å². The van der Waals surface area contributed by atoms with E-state index in [4.69, 9.17) is 0 Å². The highest BCUT2D eigenvalue weighted by Gasteiger charge is 2.34. The van der Waals surface area contributed by atoms with Gasteiger partial charge in [-0.25, -0.2) is 0 Å². The molecule has 1 rings (SSSR count). The highest BCUT2D eigenvalue weighted by molar-refractivity contribution is 4.87. The van der Waals surface area contributed by atoms with Gasteiger partial charge in [-0.3, -0.25) is 0 Å². The minimum absolute atomic E-state index is 0.463. The molecule has 12 heavy (non-hydrogen) atoms. The summed E-state index contributed by atoms with van der Waals surface area (Å²) in [4.78, 5) is 0. The van der Waals surface area contributed by atoms with E-state index in [1.165, 1.54) is 19.5 Å². The van der Waals surface area contributed by atoms with Gasteiger partial charge in [0, 0.05) is 6.54 Å². The number of nitrogens with one attached hydrogen (secondary N) is 1. The van der Waals surface area contributed by atoms with E-state index in [0.717, 1.165) is 5.92 Å². The predicted octanol–water partition coefficient (Wildman–Crippen LogP) is 2.67. The van der Waals surface area contributed by atoms with Crippen LogP contribution in [0.25, 0.3) is 0 Å². The summed E-state index contributed by atoms with van der Waals surface area (Å²) in [5.41, 5.74) is 0.959. The van der Waals surface area contributed by atoms with Crippen molar-refractivity contribution in [3.63, 3.8) is 0 Å². The van der Waals surface area contributed by atoms with Gasteiger partial charge >= 0.3 is 0 Å². The van der Waals surface area contributed by atoms with Gasteiger partial charge in [-0.2, -0.15) is 0 Å². The maximum atomic E-state index is 3.53. The molecule has 1 aliphatic heterocycles. The summed E-state index contributed by atoms with van der Waals surface area (Å²) in [5, 5.41) is 3.53. The first-order valence-corrected chi connectivity index (χ1v) is 5.02. The van der Waals surface area contributed by atoms with Crippen LogP contribution in [0.1, 0.15) is 41.0 Å². The number of hydrogen-bond acceptors (Lipinski definition) is 1. The van der Waals surface area contributed by atoms with Crippen LogP contribution in [0.5, 0.6) is 0 Å². The molecule has 0 spiro atoms. The Morgan fingerprint density at radius 2 is 1.83 bits per heavy atom. The first-order valence-electron chi connectivity index (χ1n) is 5.02. The van der Waals surface area contributed by atoms with Crippen molar-refractivity contribution >= 4 is 0 Å². The Morgan fingerprint density at radius 3 is 2.17 bits per heavy atom. The van der Waals surface area contributed by atoms with Crippen LogP contribution in [0.3, 0.4) is 0 Å². The van der Waals surface area contributed by atoms with Crippen molar-refractivity contribution in [3.8, 4) is 0 Å². The Balaban J connectivity index is 2.58. The smallest absolute Gasteiger partial charge is 0.000275 e. The molecule has 0 aromatic rings. The van der Waals surface area contributed by atoms with E-state index in [1.807, 2.05) is 0 Å². The molecule has 1 saturated heterocycles. The summed E-state index contributed by atoms with van der Waals surface area (Å²) in [5.74, 6) is 0.834. The summed E-state index contributed by atoms with van der Waals surface area (Å²) >= 11 is 0. The molecule has 1 fully saturated rings. The fourth-order valence-electron chi connectivity index (χ4n) is 2.01. The van der Waals surface area contributed by atoms with Crippen LogP contribution < -0.4 is 5.32 Å². The quantitative estimate of drug-likeness (QED) is 0.588. The number of hydrogen-bond donors (Lipinski definition) is 1. The minimum atomic E-state index is 0.463. The lowest BCUT2D eigenvalue weighted by molar-refractivity contribution is 0.112. The molecular formula is C11H23N. The van der Waals surface area contributed by atoms with Crippen molar-refractivity contribution in [3.05, 3.63) is 0 Å². The maximum Gasteiger partial charge on any atom is 0.000275 e. The van der Waals surface area contributed by atoms with E-state index in [1.54, 1.807) is 0 Å². The Kier molecular flexibility index (Phi) is 2.53. The van der Waals surface area contributed by atoms with Gasteiger partial charge in [0.1, 0.15) is 0 Å². The monoisotopic (exact) mass is 169 g/mol. The van der Waals surface area contributed by atoms with Crippen molar-refractivity contribution in [2.24, 2.45) is 16.7 Å². The summed E-state index contributed by atoms with van der Waals surface area (Å²) in [7, 11) is 0. The van der Waals surface area contributed by atoms with Crippen LogP contribution in [-0.2, 0) is 0 Å². The minimum Gasteiger partial charge on any atom is -0.316 e. The van der Waals surface area contributed by atoms with Crippen molar-refractivity contribution in [1.82, 2.24) is 5.32 Å². The largest absolute Gasteiger partial charge is 0.316 e. The van der Waals surface area contributed by atoms with E-state index in [-0.39, 0.29) is 0 Å². The fourth-order valence-corrected chi connectivity index (χ4v) is 2.01. The first-order chi connectivity index (χ1) is 5.31. The molecule has 1 N–H and O–H groups in total. The molecule has 0 amide bonds. The van der Waals surface area contributed by atoms with Crippen molar-refractivity contribution < 1.29 is 0 Å². The van der Waals surface area contributed by atoms with Gasteiger partial charge in [-0.15, -0.1) is 0 Å². The third-order valence-electron chi connectivity index (χ3n) is 3.02. The second-order valence-corrected chi connectivity index (χ2v) is 6.06. The molecule has 72 valence electrons. The van der Waals surface area contributed by atoms with E-state index in [0.29, 0.717) is 10.8 Å². The van der Waals surface area contributed by atoms with Gasteiger partial charge in [0.05, 0.1) is 0 Å². The van der Waals surface area contributed by atoms with Gasteiger partial charge in [0.2, 0.25) is 0 Å². The second kappa shape index (κ2) is 3.02. The molecule has 0 bridgehead atoms. The number of rotatable bonds is 0. The molecule has 0 aromatic heterocycles. The fraction of sp³-hybridized carbons (Fsp3) is 1.00. The standard InChI is InChI=1S/C11H23N/c1-10(2,3)9-6-11(4,5)8-12-7-9/h9,12H,6-8H2,1-5H3. The molecule has 1 unspecified atom stereocenters. The lowest BCUT2D eigenvalue weighted by Gasteiger charge is -2.42. The zero-order valence-corrected chi connectivity index (χ0v) is 9.20. The van der Waals surface area contributed by atoms with Crippen LogP contribution in [0, 0.1) is 16.7 Å². The Hall–Kier alpha value is -0.0400. The van der Waals surface area contributed by atoms with Crippen LogP contribution in [0.15, 0.2) is 0 Å². The Labute approximate surface area is 76.9 Å². The lowest BCUT2D eigenvalue weighted by atomic mass is 9.69. The molecule has 1 nitrogen and oxygen atoms in total. The zero-order valence-electron chi connectivity index (χ0n) is 9.20. The third-order valence-corrected chi connectivity index (χ3v) is 3.02. The summed E-state index contributed by atoms with van der Waals surface area (Å²) in [6, 6.07) is 0. The molecule has 1 heterocycles. The van der Waals surface area contributed by atoms with Crippen LogP contribution in [0.2, 0.25) is 0 Å². The van der Waals surface area contributed by atoms with Crippen molar-refractivity contribution in [2.75, 3.05) is 13.1 Å².